The molecular weight excluding hydrogens is 540 g/mol. The number of unbranched alkanes of at least 4 members (excludes halogenated alkanes) is 3. The van der Waals surface area contributed by atoms with Gasteiger partial charge in [0.05, 0.1) is 28.6 Å². The molecule has 0 aliphatic carbocycles. The number of likely N-dealkylation sites (tertiary alicyclic amines) is 1. The maximum atomic E-state index is 14.2. The zero-order valence-corrected chi connectivity index (χ0v) is 21.7. The number of hydrogen-bond donors (Lipinski definition) is 2. The van der Waals surface area contributed by atoms with Gasteiger partial charge >= 0.3 is 5.97 Å². The van der Waals surface area contributed by atoms with E-state index < -0.39 is 35.6 Å². The summed E-state index contributed by atoms with van der Waals surface area (Å²) in [6.45, 7) is 4.36. The van der Waals surface area contributed by atoms with Crippen LogP contribution in [0.5, 0.6) is 0 Å². The highest BCUT2D eigenvalue weighted by atomic mass is 79.9. The fourth-order valence-corrected chi connectivity index (χ4v) is 7.11. The van der Waals surface area contributed by atoms with Crippen molar-refractivity contribution in [1.82, 2.24) is 4.90 Å². The molecule has 1 unspecified atom stereocenters. The lowest BCUT2D eigenvalue weighted by atomic mass is 9.70. The number of carboxylic acids is 1. The van der Waals surface area contributed by atoms with Crippen molar-refractivity contribution >= 4 is 51.0 Å². The van der Waals surface area contributed by atoms with E-state index in [1.165, 1.54) is 9.80 Å². The molecule has 2 amide bonds. The number of benzene rings is 1. The van der Waals surface area contributed by atoms with E-state index in [-0.39, 0.29) is 29.8 Å². The van der Waals surface area contributed by atoms with Crippen LogP contribution in [-0.4, -0.2) is 75.2 Å². The Hall–Kier alpha value is -1.94. The minimum Gasteiger partial charge on any atom is -0.481 e. The molecule has 8 nitrogen and oxygen atoms in total. The summed E-state index contributed by atoms with van der Waals surface area (Å²) in [4.78, 5) is 42.9. The van der Waals surface area contributed by atoms with Gasteiger partial charge in [0.15, 0.2) is 0 Å². The van der Waals surface area contributed by atoms with Gasteiger partial charge in [-0.2, -0.15) is 0 Å². The second-order valence-corrected chi connectivity index (χ2v) is 10.9. The number of alkyl halides is 1. The summed E-state index contributed by atoms with van der Waals surface area (Å²) >= 11 is 9.99. The van der Waals surface area contributed by atoms with Crippen LogP contribution in [0, 0.1) is 11.8 Å². The van der Waals surface area contributed by atoms with Crippen molar-refractivity contribution in [3.05, 3.63) is 41.9 Å². The number of para-hydroxylation sites is 1. The Morgan fingerprint density at radius 1 is 1.29 bits per heavy atom. The number of nitrogens with zero attached hydrogens (tertiary/aromatic N) is 2. The van der Waals surface area contributed by atoms with Gasteiger partial charge in [-0.3, -0.25) is 14.4 Å². The molecule has 3 aliphatic rings. The number of ether oxygens (including phenoxy) is 1. The van der Waals surface area contributed by atoms with E-state index in [1.54, 1.807) is 30.3 Å². The lowest BCUT2D eigenvalue weighted by molar-refractivity contribution is -0.149. The second kappa shape index (κ2) is 10.6. The molecule has 0 aromatic heterocycles. The molecule has 1 aromatic rings. The minimum atomic E-state index is -1.23. The van der Waals surface area contributed by atoms with Gasteiger partial charge in [-0.15, -0.1) is 6.58 Å². The Kier molecular flexibility index (Phi) is 7.90. The number of anilines is 1. The number of hydrogen-bond acceptors (Lipinski definition) is 5. The maximum absolute atomic E-state index is 14.2. The first kappa shape index (κ1) is 26.1. The third-order valence-corrected chi connectivity index (χ3v) is 8.50. The molecule has 2 bridgehead atoms. The third kappa shape index (κ3) is 4.41. The zero-order chi connectivity index (χ0) is 25.3. The SMILES string of the molecule is C=CCN(C(=O)[C@@H]1N(CCCCCCO)C(=O)[C@H]2[C@H](C(=O)O)[C@H]3O[C@@]12CC3Br)c1ccccc1Cl. The molecule has 3 fully saturated rings. The molecule has 10 heteroatoms. The molecule has 35 heavy (non-hydrogen) atoms. The van der Waals surface area contributed by atoms with Gasteiger partial charge in [0, 0.05) is 24.5 Å². The van der Waals surface area contributed by atoms with Crippen molar-refractivity contribution in [1.29, 1.82) is 0 Å². The van der Waals surface area contributed by atoms with E-state index in [0.29, 0.717) is 36.5 Å². The molecule has 1 aromatic carbocycles. The first-order chi connectivity index (χ1) is 16.8. The van der Waals surface area contributed by atoms with Crippen molar-refractivity contribution < 1.29 is 29.3 Å². The van der Waals surface area contributed by atoms with Gasteiger partial charge in [-0.25, -0.2) is 0 Å². The second-order valence-electron chi connectivity index (χ2n) is 9.36. The van der Waals surface area contributed by atoms with Crippen LogP contribution in [0.25, 0.3) is 0 Å². The Morgan fingerprint density at radius 2 is 2.00 bits per heavy atom. The maximum Gasteiger partial charge on any atom is 0.310 e. The van der Waals surface area contributed by atoms with Crippen LogP contribution in [0.4, 0.5) is 5.69 Å². The van der Waals surface area contributed by atoms with E-state index in [4.69, 9.17) is 21.4 Å². The highest BCUT2D eigenvalue weighted by molar-refractivity contribution is 9.09. The summed E-state index contributed by atoms with van der Waals surface area (Å²) in [7, 11) is 0. The van der Waals surface area contributed by atoms with Gasteiger partial charge in [0.1, 0.15) is 11.6 Å². The van der Waals surface area contributed by atoms with E-state index in [0.717, 1.165) is 12.8 Å². The molecule has 2 N–H and O–H groups in total. The van der Waals surface area contributed by atoms with E-state index in [9.17, 15) is 19.5 Å². The number of aliphatic hydroxyl groups is 1. The van der Waals surface area contributed by atoms with E-state index in [1.807, 2.05) is 0 Å². The smallest absolute Gasteiger partial charge is 0.310 e. The lowest BCUT2D eigenvalue weighted by Crippen LogP contribution is -2.57. The summed E-state index contributed by atoms with van der Waals surface area (Å²) in [6, 6.07) is 5.98. The minimum absolute atomic E-state index is 0.103. The number of carboxylic acid groups (broad SMARTS) is 1. The number of carbonyl (C=O) groups excluding carboxylic acids is 2. The van der Waals surface area contributed by atoms with Gasteiger partial charge in [-0.1, -0.05) is 58.6 Å². The predicted molar refractivity (Wildman–Crippen MR) is 135 cm³/mol. The summed E-state index contributed by atoms with van der Waals surface area (Å²) in [5.41, 5.74) is -0.742. The first-order valence-corrected chi connectivity index (χ1v) is 13.2. The lowest BCUT2D eigenvalue weighted by Gasteiger charge is -2.37. The summed E-state index contributed by atoms with van der Waals surface area (Å²) in [5, 5.41) is 19.4. The van der Waals surface area contributed by atoms with Crippen molar-refractivity contribution in [2.45, 2.75) is 54.7 Å². The van der Waals surface area contributed by atoms with E-state index >= 15 is 0 Å². The van der Waals surface area contributed by atoms with Crippen LogP contribution >= 0.6 is 27.5 Å². The normalized spacial score (nSPS) is 31.0. The number of halogens is 2. The Labute approximate surface area is 218 Å². The number of amides is 2. The van der Waals surface area contributed by atoms with Crippen molar-refractivity contribution in [3.63, 3.8) is 0 Å². The van der Waals surface area contributed by atoms with Gasteiger partial charge in [0.2, 0.25) is 5.91 Å². The summed E-state index contributed by atoms with van der Waals surface area (Å²) in [6.07, 6.45) is 4.14. The Bertz CT molecular complexity index is 1010. The van der Waals surface area contributed by atoms with Crippen LogP contribution in [0.1, 0.15) is 32.1 Å². The Morgan fingerprint density at radius 3 is 2.66 bits per heavy atom. The molecule has 3 heterocycles. The molecule has 0 radical (unpaired) electrons. The monoisotopic (exact) mass is 568 g/mol. The summed E-state index contributed by atoms with van der Waals surface area (Å²) < 4.78 is 6.31. The van der Waals surface area contributed by atoms with Crippen LogP contribution in [0.15, 0.2) is 36.9 Å². The van der Waals surface area contributed by atoms with Crippen LogP contribution in [0.2, 0.25) is 5.02 Å². The van der Waals surface area contributed by atoms with Crippen LogP contribution in [-0.2, 0) is 19.1 Å². The number of aliphatic carboxylic acids is 1. The largest absolute Gasteiger partial charge is 0.481 e. The molecule has 4 rings (SSSR count). The highest BCUT2D eigenvalue weighted by Gasteiger charge is 2.76. The number of rotatable bonds is 11. The average Bonchev–Trinajstić information content (AvgIpc) is 3.41. The van der Waals surface area contributed by atoms with Crippen LogP contribution in [0.3, 0.4) is 0 Å². The number of fused-ring (bicyclic) bond motifs is 1. The Balaban J connectivity index is 1.73. The standard InChI is InChI=1S/C25H30BrClN2O6/c1-2-11-28(17-10-6-5-9-16(17)27)23(32)21-25-14-15(26)20(35-25)18(24(33)34)19(25)22(31)29(21)12-7-3-4-8-13-30/h2,5-6,9-10,15,18-21,30H,1,3-4,7-8,11-14H2,(H,33,34)/t15?,18-,19+,20-,21-,25+/m0/s1. The fraction of sp³-hybridized carbons (Fsp3) is 0.560. The molecular formula is C25H30BrClN2O6. The van der Waals surface area contributed by atoms with Gasteiger partial charge < -0.3 is 24.7 Å². The number of carbonyl (C=O) groups is 3. The predicted octanol–water partition coefficient (Wildman–Crippen LogP) is 3.24. The molecule has 1 spiro atoms. The quantitative estimate of drug-likeness (QED) is 0.241. The fourth-order valence-electron chi connectivity index (χ4n) is 5.93. The molecule has 0 saturated carbocycles. The van der Waals surface area contributed by atoms with E-state index in [2.05, 4.69) is 22.5 Å². The number of aliphatic hydroxyl groups excluding tert-OH is 1. The molecule has 6 atom stereocenters. The summed E-state index contributed by atoms with van der Waals surface area (Å²) in [5.74, 6) is -3.76. The van der Waals surface area contributed by atoms with Crippen molar-refractivity contribution in [2.24, 2.45) is 11.8 Å². The average molecular weight is 570 g/mol. The van der Waals surface area contributed by atoms with Crippen molar-refractivity contribution in [2.75, 3.05) is 24.6 Å². The van der Waals surface area contributed by atoms with Gasteiger partial charge in [-0.05, 0) is 31.4 Å². The first-order valence-electron chi connectivity index (χ1n) is 11.9. The molecule has 3 aliphatic heterocycles. The molecule has 190 valence electrons. The third-order valence-electron chi connectivity index (χ3n) is 7.34. The zero-order valence-electron chi connectivity index (χ0n) is 19.3. The van der Waals surface area contributed by atoms with Crippen molar-refractivity contribution in [3.8, 4) is 0 Å². The van der Waals surface area contributed by atoms with Gasteiger partial charge in [0.25, 0.3) is 5.91 Å². The van der Waals surface area contributed by atoms with Crippen LogP contribution < -0.4 is 4.90 Å². The topological polar surface area (TPSA) is 107 Å². The highest BCUT2D eigenvalue weighted by Crippen LogP contribution is 2.60. The molecule has 3 saturated heterocycles.